The molecule has 0 bridgehead atoms. The van der Waals surface area contributed by atoms with Gasteiger partial charge in [0.15, 0.2) is 10.9 Å². The number of hydrogen-bond donors (Lipinski definition) is 0. The van der Waals surface area contributed by atoms with Crippen molar-refractivity contribution in [3.05, 3.63) is 69.0 Å². The number of ketones is 1. The highest BCUT2D eigenvalue weighted by Gasteiger charge is 2.21. The van der Waals surface area contributed by atoms with Gasteiger partial charge in [0, 0.05) is 12.6 Å². The standard InChI is InChI=1S/C22H22N2O2S/c1-13-7-10-19-18(11-13)21(26)24(3)22(23-19)27-14(2)20(25)17-9-8-15-5-4-6-16(15)12-17/h7-12,14H,4-6H2,1-3H3. The Morgan fingerprint density at radius 3 is 2.74 bits per heavy atom. The summed E-state index contributed by atoms with van der Waals surface area (Å²) < 4.78 is 1.54. The van der Waals surface area contributed by atoms with E-state index in [-0.39, 0.29) is 16.6 Å². The molecule has 2 aromatic carbocycles. The monoisotopic (exact) mass is 378 g/mol. The highest BCUT2D eigenvalue weighted by Crippen LogP contribution is 2.27. The minimum atomic E-state index is -0.314. The molecule has 0 spiro atoms. The Morgan fingerprint density at radius 1 is 1.15 bits per heavy atom. The topological polar surface area (TPSA) is 52.0 Å². The van der Waals surface area contributed by atoms with Crippen LogP contribution in [0.2, 0.25) is 0 Å². The second-order valence-corrected chi connectivity index (χ2v) is 8.55. The Labute approximate surface area is 162 Å². The number of benzene rings is 2. The van der Waals surface area contributed by atoms with Crippen molar-refractivity contribution in [2.45, 2.75) is 43.5 Å². The zero-order valence-corrected chi connectivity index (χ0v) is 16.6. The van der Waals surface area contributed by atoms with E-state index in [1.807, 2.05) is 44.2 Å². The fraction of sp³-hybridized carbons (Fsp3) is 0.318. The van der Waals surface area contributed by atoms with Crippen LogP contribution in [0, 0.1) is 6.92 Å². The number of aromatic nitrogens is 2. The summed E-state index contributed by atoms with van der Waals surface area (Å²) >= 11 is 1.34. The van der Waals surface area contributed by atoms with Gasteiger partial charge >= 0.3 is 0 Å². The molecular weight excluding hydrogens is 356 g/mol. The fourth-order valence-electron chi connectivity index (χ4n) is 3.64. The van der Waals surface area contributed by atoms with Crippen molar-refractivity contribution in [3.63, 3.8) is 0 Å². The third-order valence-corrected chi connectivity index (χ3v) is 6.37. The largest absolute Gasteiger partial charge is 0.293 e. The number of fused-ring (bicyclic) bond motifs is 2. The van der Waals surface area contributed by atoms with Crippen LogP contribution in [0.1, 0.15) is 40.4 Å². The first-order valence-corrected chi connectivity index (χ1v) is 10.1. The van der Waals surface area contributed by atoms with Gasteiger partial charge < -0.3 is 0 Å². The Morgan fingerprint density at radius 2 is 1.93 bits per heavy atom. The van der Waals surface area contributed by atoms with Crippen molar-refractivity contribution in [2.75, 3.05) is 0 Å². The van der Waals surface area contributed by atoms with E-state index in [2.05, 4.69) is 11.1 Å². The highest BCUT2D eigenvalue weighted by molar-refractivity contribution is 8.00. The van der Waals surface area contributed by atoms with E-state index in [4.69, 9.17) is 0 Å². The molecule has 138 valence electrons. The number of nitrogens with zero attached hydrogens (tertiary/aromatic N) is 2. The number of hydrogen-bond acceptors (Lipinski definition) is 4. The second kappa shape index (κ2) is 6.97. The van der Waals surface area contributed by atoms with E-state index in [1.165, 1.54) is 29.3 Å². The van der Waals surface area contributed by atoms with Crippen molar-refractivity contribution in [2.24, 2.45) is 7.05 Å². The predicted molar refractivity (Wildman–Crippen MR) is 110 cm³/mol. The van der Waals surface area contributed by atoms with Crippen LogP contribution >= 0.6 is 11.8 Å². The molecule has 1 atom stereocenters. The molecule has 1 aliphatic carbocycles. The average molecular weight is 378 g/mol. The van der Waals surface area contributed by atoms with Gasteiger partial charge in [-0.3, -0.25) is 14.2 Å². The molecule has 0 aliphatic heterocycles. The molecule has 3 aromatic rings. The van der Waals surface area contributed by atoms with Gasteiger partial charge in [-0.05, 0) is 62.4 Å². The first-order chi connectivity index (χ1) is 12.9. The van der Waals surface area contributed by atoms with Crippen molar-refractivity contribution in [1.82, 2.24) is 9.55 Å². The van der Waals surface area contributed by atoms with Gasteiger partial charge in [-0.15, -0.1) is 0 Å². The van der Waals surface area contributed by atoms with Crippen LogP contribution in [0.3, 0.4) is 0 Å². The van der Waals surface area contributed by atoms with Crippen LogP contribution in [0.25, 0.3) is 10.9 Å². The van der Waals surface area contributed by atoms with Gasteiger partial charge in [0.25, 0.3) is 5.56 Å². The van der Waals surface area contributed by atoms with Crippen LogP contribution in [-0.2, 0) is 19.9 Å². The van der Waals surface area contributed by atoms with E-state index in [1.54, 1.807) is 11.6 Å². The molecule has 0 amide bonds. The predicted octanol–water partition coefficient (Wildman–Crippen LogP) is 4.09. The van der Waals surface area contributed by atoms with Crippen LogP contribution in [0.15, 0.2) is 46.3 Å². The lowest BCUT2D eigenvalue weighted by molar-refractivity contribution is 0.0993. The van der Waals surface area contributed by atoms with Gasteiger partial charge in [0.2, 0.25) is 0 Å². The van der Waals surface area contributed by atoms with Crippen molar-refractivity contribution in [1.29, 1.82) is 0 Å². The summed E-state index contributed by atoms with van der Waals surface area (Å²) in [6.45, 7) is 3.84. The summed E-state index contributed by atoms with van der Waals surface area (Å²) in [4.78, 5) is 30.2. The molecule has 0 saturated carbocycles. The van der Waals surface area contributed by atoms with Gasteiger partial charge in [0.05, 0.1) is 16.2 Å². The molecule has 0 N–H and O–H groups in total. The third-order valence-electron chi connectivity index (χ3n) is 5.22. The van der Waals surface area contributed by atoms with E-state index in [0.29, 0.717) is 16.1 Å². The third kappa shape index (κ3) is 3.32. The number of aryl methyl sites for hydroxylation is 3. The van der Waals surface area contributed by atoms with Crippen molar-refractivity contribution >= 4 is 28.4 Å². The SMILES string of the molecule is Cc1ccc2nc(SC(C)C(=O)c3ccc4c(c3)CCC4)n(C)c(=O)c2c1. The summed E-state index contributed by atoms with van der Waals surface area (Å²) in [5, 5.41) is 0.864. The Balaban J connectivity index is 1.63. The maximum Gasteiger partial charge on any atom is 0.261 e. The summed E-state index contributed by atoms with van der Waals surface area (Å²) in [6, 6.07) is 11.7. The number of carbonyl (C=O) groups excluding carboxylic acids is 1. The lowest BCUT2D eigenvalue weighted by atomic mass is 10.0. The van der Waals surface area contributed by atoms with E-state index in [0.717, 1.165) is 24.0 Å². The quantitative estimate of drug-likeness (QED) is 0.390. The summed E-state index contributed by atoms with van der Waals surface area (Å²) in [5.41, 5.74) is 5.02. The molecule has 0 radical (unpaired) electrons. The van der Waals surface area contributed by atoms with Crippen LogP contribution < -0.4 is 5.56 Å². The van der Waals surface area contributed by atoms with Gasteiger partial charge in [-0.1, -0.05) is 35.5 Å². The zero-order valence-electron chi connectivity index (χ0n) is 15.8. The molecule has 4 nitrogen and oxygen atoms in total. The van der Waals surface area contributed by atoms with Crippen molar-refractivity contribution in [3.8, 4) is 0 Å². The van der Waals surface area contributed by atoms with Gasteiger partial charge in [-0.2, -0.15) is 0 Å². The number of Topliss-reactive ketones (excluding diaryl/α,β-unsaturated/α-hetero) is 1. The van der Waals surface area contributed by atoms with E-state index in [9.17, 15) is 9.59 Å². The highest BCUT2D eigenvalue weighted by atomic mass is 32.2. The molecule has 5 heteroatoms. The lowest BCUT2D eigenvalue weighted by Crippen LogP contribution is -2.22. The maximum absolute atomic E-state index is 12.9. The minimum Gasteiger partial charge on any atom is -0.293 e. The maximum atomic E-state index is 12.9. The van der Waals surface area contributed by atoms with Crippen LogP contribution in [0.4, 0.5) is 0 Å². The Hall–Kier alpha value is -2.40. The summed E-state index contributed by atoms with van der Waals surface area (Å²) in [6.07, 6.45) is 3.33. The molecule has 1 unspecified atom stereocenters. The molecule has 0 fully saturated rings. The Kier molecular flexibility index (Phi) is 4.64. The molecular formula is C22H22N2O2S. The summed E-state index contributed by atoms with van der Waals surface area (Å²) in [7, 11) is 1.71. The van der Waals surface area contributed by atoms with Crippen LogP contribution in [0.5, 0.6) is 0 Å². The van der Waals surface area contributed by atoms with Gasteiger partial charge in [0.1, 0.15) is 0 Å². The first-order valence-electron chi connectivity index (χ1n) is 9.24. The second-order valence-electron chi connectivity index (χ2n) is 7.24. The fourth-order valence-corrected chi connectivity index (χ4v) is 4.59. The van der Waals surface area contributed by atoms with Crippen LogP contribution in [-0.4, -0.2) is 20.6 Å². The molecule has 4 rings (SSSR count). The molecule has 1 aliphatic rings. The molecule has 1 aromatic heterocycles. The average Bonchev–Trinajstić information content (AvgIpc) is 3.13. The lowest BCUT2D eigenvalue weighted by Gasteiger charge is -2.14. The Bertz CT molecular complexity index is 1120. The molecule has 27 heavy (non-hydrogen) atoms. The summed E-state index contributed by atoms with van der Waals surface area (Å²) in [5.74, 6) is 0.0768. The van der Waals surface area contributed by atoms with E-state index < -0.39 is 0 Å². The van der Waals surface area contributed by atoms with E-state index >= 15 is 0 Å². The van der Waals surface area contributed by atoms with Gasteiger partial charge in [-0.25, -0.2) is 4.98 Å². The molecule has 0 saturated heterocycles. The molecule has 1 heterocycles. The number of rotatable bonds is 4. The normalized spacial score (nSPS) is 14.3. The zero-order chi connectivity index (χ0) is 19.1. The smallest absolute Gasteiger partial charge is 0.261 e. The first kappa shape index (κ1) is 18.0. The number of carbonyl (C=O) groups is 1. The van der Waals surface area contributed by atoms with Crippen molar-refractivity contribution < 1.29 is 4.79 Å². The minimum absolute atomic E-state index is 0.0768. The number of thioether (sulfide) groups is 1.